The summed E-state index contributed by atoms with van der Waals surface area (Å²) in [6.07, 6.45) is -6.19. The Kier molecular flexibility index (Phi) is 5.92. The zero-order valence-electron chi connectivity index (χ0n) is 14.0. The van der Waals surface area contributed by atoms with Gasteiger partial charge in [0.05, 0.1) is 0 Å². The van der Waals surface area contributed by atoms with Gasteiger partial charge in [0.2, 0.25) is 5.91 Å². The normalized spacial score (nSPS) is 11.2. The molecule has 0 fully saturated rings. The average molecular weight is 385 g/mol. The molecule has 2 amide bonds. The molecular weight excluding hydrogens is 369 g/mol. The molecule has 26 heavy (non-hydrogen) atoms. The monoisotopic (exact) mass is 384 g/mol. The molecular formula is C18H16ClF3N2O2. The van der Waals surface area contributed by atoms with Crippen molar-refractivity contribution in [1.29, 1.82) is 0 Å². The van der Waals surface area contributed by atoms with E-state index in [1.165, 1.54) is 12.1 Å². The van der Waals surface area contributed by atoms with Crippen molar-refractivity contribution in [3.63, 3.8) is 0 Å². The maximum Gasteiger partial charge on any atom is 0.397 e. The van der Waals surface area contributed by atoms with Crippen LogP contribution in [-0.4, -0.2) is 18.0 Å². The molecule has 2 rings (SSSR count). The molecule has 0 atom stereocenters. The summed E-state index contributed by atoms with van der Waals surface area (Å²) in [5.74, 6) is -1.66. The Morgan fingerprint density at radius 1 is 1.04 bits per heavy atom. The molecule has 0 unspecified atom stereocenters. The van der Waals surface area contributed by atoms with E-state index >= 15 is 0 Å². The van der Waals surface area contributed by atoms with Crippen molar-refractivity contribution in [2.75, 3.05) is 10.6 Å². The number of nitrogens with one attached hydrogen (secondary N) is 2. The number of aryl methyl sites for hydroxylation is 1. The van der Waals surface area contributed by atoms with E-state index in [0.29, 0.717) is 21.8 Å². The number of amides is 2. The predicted octanol–water partition coefficient (Wildman–Crippen LogP) is 5.10. The summed E-state index contributed by atoms with van der Waals surface area (Å²) < 4.78 is 36.9. The highest BCUT2D eigenvalue weighted by Crippen LogP contribution is 2.25. The maximum atomic E-state index is 12.4. The van der Waals surface area contributed by atoms with Gasteiger partial charge in [0.25, 0.3) is 5.91 Å². The molecule has 0 saturated carbocycles. The molecule has 0 aliphatic rings. The van der Waals surface area contributed by atoms with Gasteiger partial charge in [-0.05, 0) is 49.2 Å². The molecule has 4 nitrogen and oxygen atoms in total. The number of benzene rings is 2. The van der Waals surface area contributed by atoms with Gasteiger partial charge in [-0.1, -0.05) is 23.7 Å². The van der Waals surface area contributed by atoms with E-state index in [1.807, 2.05) is 0 Å². The molecule has 0 saturated heterocycles. The van der Waals surface area contributed by atoms with E-state index in [0.717, 1.165) is 0 Å². The van der Waals surface area contributed by atoms with E-state index in [2.05, 4.69) is 10.6 Å². The second-order valence-corrected chi connectivity index (χ2v) is 6.14. The van der Waals surface area contributed by atoms with Gasteiger partial charge < -0.3 is 10.6 Å². The van der Waals surface area contributed by atoms with Crippen LogP contribution in [0.15, 0.2) is 36.4 Å². The third-order valence-corrected chi connectivity index (χ3v) is 4.06. The Morgan fingerprint density at radius 3 is 2.38 bits per heavy atom. The van der Waals surface area contributed by atoms with Crippen LogP contribution in [0.3, 0.4) is 0 Å². The van der Waals surface area contributed by atoms with Gasteiger partial charge in [0.15, 0.2) is 0 Å². The lowest BCUT2D eigenvalue weighted by atomic mass is 10.1. The second-order valence-electron chi connectivity index (χ2n) is 5.74. The topological polar surface area (TPSA) is 58.2 Å². The number of hydrogen-bond acceptors (Lipinski definition) is 2. The Balaban J connectivity index is 2.19. The fraction of sp³-hybridized carbons (Fsp3) is 0.222. The quantitative estimate of drug-likeness (QED) is 0.770. The van der Waals surface area contributed by atoms with Crippen molar-refractivity contribution in [3.05, 3.63) is 58.1 Å². The smallest absolute Gasteiger partial charge is 0.326 e. The van der Waals surface area contributed by atoms with Crippen molar-refractivity contribution in [3.8, 4) is 0 Å². The maximum absolute atomic E-state index is 12.4. The standard InChI is InChI=1S/C18H16ClF3N2O2/c1-10-6-7-12(8-15(10)23-16(25)9-18(20,21)22)17(26)24-14-5-3-4-13(19)11(14)2/h3-8H,9H2,1-2H3,(H,23,25)(H,24,26). The molecule has 0 aliphatic heterocycles. The van der Waals surface area contributed by atoms with Crippen LogP contribution in [-0.2, 0) is 4.79 Å². The highest BCUT2D eigenvalue weighted by Gasteiger charge is 2.31. The highest BCUT2D eigenvalue weighted by atomic mass is 35.5. The predicted molar refractivity (Wildman–Crippen MR) is 94.6 cm³/mol. The molecule has 2 N–H and O–H groups in total. The molecule has 2 aromatic rings. The lowest BCUT2D eigenvalue weighted by Crippen LogP contribution is -2.22. The third kappa shape index (κ3) is 5.23. The molecule has 138 valence electrons. The minimum atomic E-state index is -4.60. The molecule has 0 aliphatic carbocycles. The lowest BCUT2D eigenvalue weighted by molar-refractivity contribution is -0.150. The van der Waals surface area contributed by atoms with Crippen LogP contribution in [0.4, 0.5) is 24.5 Å². The number of halogens is 4. The van der Waals surface area contributed by atoms with Gasteiger partial charge in [-0.3, -0.25) is 9.59 Å². The minimum Gasteiger partial charge on any atom is -0.326 e. The van der Waals surface area contributed by atoms with Crippen molar-refractivity contribution >= 4 is 34.8 Å². The van der Waals surface area contributed by atoms with Gasteiger partial charge in [0.1, 0.15) is 6.42 Å². The van der Waals surface area contributed by atoms with Crippen LogP contribution in [0.5, 0.6) is 0 Å². The number of hydrogen-bond donors (Lipinski definition) is 2. The van der Waals surface area contributed by atoms with Gasteiger partial charge in [-0.25, -0.2) is 0 Å². The zero-order valence-corrected chi connectivity index (χ0v) is 14.8. The second kappa shape index (κ2) is 7.78. The number of anilines is 2. The average Bonchev–Trinajstić information content (AvgIpc) is 2.52. The fourth-order valence-corrected chi connectivity index (χ4v) is 2.39. The molecule has 0 heterocycles. The Hall–Kier alpha value is -2.54. The first-order valence-electron chi connectivity index (χ1n) is 7.60. The summed E-state index contributed by atoms with van der Waals surface area (Å²) in [7, 11) is 0. The first-order valence-corrected chi connectivity index (χ1v) is 7.98. The fourth-order valence-electron chi connectivity index (χ4n) is 2.21. The van der Waals surface area contributed by atoms with Gasteiger partial charge in [-0.15, -0.1) is 0 Å². The van der Waals surface area contributed by atoms with Crippen molar-refractivity contribution in [2.45, 2.75) is 26.4 Å². The summed E-state index contributed by atoms with van der Waals surface area (Å²) in [6.45, 7) is 3.36. The van der Waals surface area contributed by atoms with Gasteiger partial charge in [-0.2, -0.15) is 13.2 Å². The summed E-state index contributed by atoms with van der Waals surface area (Å²) in [6, 6.07) is 9.45. The van der Waals surface area contributed by atoms with Crippen LogP contribution in [0, 0.1) is 13.8 Å². The molecule has 0 aromatic heterocycles. The van der Waals surface area contributed by atoms with Crippen LogP contribution in [0.25, 0.3) is 0 Å². The Labute approximate surface area is 153 Å². The van der Waals surface area contributed by atoms with E-state index in [4.69, 9.17) is 11.6 Å². The van der Waals surface area contributed by atoms with Gasteiger partial charge in [0, 0.05) is 22.0 Å². The lowest BCUT2D eigenvalue weighted by Gasteiger charge is -2.13. The van der Waals surface area contributed by atoms with Crippen LogP contribution < -0.4 is 10.6 Å². The van der Waals surface area contributed by atoms with E-state index in [-0.39, 0.29) is 11.3 Å². The van der Waals surface area contributed by atoms with Crippen LogP contribution in [0.2, 0.25) is 5.02 Å². The number of alkyl halides is 3. The first kappa shape index (κ1) is 19.8. The van der Waals surface area contributed by atoms with Crippen molar-refractivity contribution in [1.82, 2.24) is 0 Å². The summed E-state index contributed by atoms with van der Waals surface area (Å²) in [4.78, 5) is 23.9. The van der Waals surface area contributed by atoms with Crippen LogP contribution in [0.1, 0.15) is 27.9 Å². The summed E-state index contributed by atoms with van der Waals surface area (Å²) in [5.41, 5.74) is 2.09. The summed E-state index contributed by atoms with van der Waals surface area (Å²) >= 11 is 6.01. The van der Waals surface area contributed by atoms with E-state index in [1.54, 1.807) is 38.1 Å². The molecule has 0 bridgehead atoms. The Bertz CT molecular complexity index is 851. The number of rotatable bonds is 4. The zero-order chi connectivity index (χ0) is 19.5. The van der Waals surface area contributed by atoms with E-state index in [9.17, 15) is 22.8 Å². The minimum absolute atomic E-state index is 0.148. The van der Waals surface area contributed by atoms with E-state index < -0.39 is 24.4 Å². The molecule has 8 heteroatoms. The molecule has 0 spiro atoms. The SMILES string of the molecule is Cc1ccc(C(=O)Nc2cccc(Cl)c2C)cc1NC(=O)CC(F)(F)F. The van der Waals surface area contributed by atoms with Crippen molar-refractivity contribution < 1.29 is 22.8 Å². The number of carbonyl (C=O) groups is 2. The van der Waals surface area contributed by atoms with Crippen LogP contribution >= 0.6 is 11.6 Å². The van der Waals surface area contributed by atoms with Crippen molar-refractivity contribution in [2.24, 2.45) is 0 Å². The summed E-state index contributed by atoms with van der Waals surface area (Å²) in [5, 5.41) is 5.37. The largest absolute Gasteiger partial charge is 0.397 e. The highest BCUT2D eigenvalue weighted by molar-refractivity contribution is 6.31. The first-order chi connectivity index (χ1) is 12.1. The van der Waals surface area contributed by atoms with Gasteiger partial charge >= 0.3 is 6.18 Å². The molecule has 2 aromatic carbocycles. The third-order valence-electron chi connectivity index (χ3n) is 3.65. The number of carbonyl (C=O) groups excluding carboxylic acids is 2. The molecule has 0 radical (unpaired) electrons. The Morgan fingerprint density at radius 2 is 1.73 bits per heavy atom.